The molecule has 10 heteroatoms. The number of ether oxygens (including phenoxy) is 2. The van der Waals surface area contributed by atoms with Crippen LogP contribution >= 0.6 is 0 Å². The zero-order valence-electron chi connectivity index (χ0n) is 21.9. The number of nitrogens with one attached hydrogen (secondary N) is 1. The third kappa shape index (κ3) is 5.95. The fourth-order valence-electron chi connectivity index (χ4n) is 4.06. The van der Waals surface area contributed by atoms with Crippen molar-refractivity contribution in [2.24, 2.45) is 0 Å². The topological polar surface area (TPSA) is 117 Å². The van der Waals surface area contributed by atoms with E-state index in [-0.39, 0.29) is 5.60 Å². The molecule has 1 N–H and O–H groups in total. The number of anilines is 1. The summed E-state index contributed by atoms with van der Waals surface area (Å²) >= 11 is 0. The molecule has 0 radical (unpaired) electrons. The van der Waals surface area contributed by atoms with E-state index < -0.39 is 11.7 Å². The Balaban J connectivity index is 1.31. The van der Waals surface area contributed by atoms with Gasteiger partial charge in [0.2, 0.25) is 5.95 Å². The van der Waals surface area contributed by atoms with Crippen molar-refractivity contribution in [1.82, 2.24) is 29.7 Å². The van der Waals surface area contributed by atoms with E-state index in [9.17, 15) is 4.79 Å². The van der Waals surface area contributed by atoms with Gasteiger partial charge in [-0.1, -0.05) is 5.92 Å². The molecule has 0 bridgehead atoms. The Bertz CT molecular complexity index is 1540. The number of aromatic nitrogens is 6. The highest BCUT2D eigenvalue weighted by molar-refractivity contribution is 5.88. The first-order chi connectivity index (χ1) is 18.2. The Morgan fingerprint density at radius 3 is 2.79 bits per heavy atom. The monoisotopic (exact) mass is 511 g/mol. The van der Waals surface area contributed by atoms with E-state index in [0.717, 1.165) is 30.4 Å². The molecule has 1 saturated heterocycles. The second kappa shape index (κ2) is 10.2. The van der Waals surface area contributed by atoms with E-state index in [2.05, 4.69) is 49.1 Å². The smallest absolute Gasteiger partial charge is 0.435 e. The molecule has 1 aliphatic heterocycles. The molecule has 0 saturated carbocycles. The van der Waals surface area contributed by atoms with Crippen molar-refractivity contribution in [3.63, 3.8) is 0 Å². The van der Waals surface area contributed by atoms with Crippen molar-refractivity contribution in [2.45, 2.75) is 51.7 Å². The Kier molecular flexibility index (Phi) is 6.78. The first-order valence-corrected chi connectivity index (χ1v) is 12.5. The predicted octanol–water partition coefficient (Wildman–Crippen LogP) is 4.45. The normalized spacial score (nSPS) is 17.2. The summed E-state index contributed by atoms with van der Waals surface area (Å²) in [6, 6.07) is 9.01. The minimum atomic E-state index is -0.607. The molecule has 1 aliphatic rings. The van der Waals surface area contributed by atoms with Gasteiger partial charge in [0.15, 0.2) is 5.82 Å². The van der Waals surface area contributed by atoms with Gasteiger partial charge >= 0.3 is 6.09 Å². The van der Waals surface area contributed by atoms with Gasteiger partial charge in [0.1, 0.15) is 17.0 Å². The van der Waals surface area contributed by atoms with Crippen LogP contribution in [0, 0.1) is 11.8 Å². The Labute approximate surface area is 220 Å². The Morgan fingerprint density at radius 1 is 1.16 bits per heavy atom. The lowest BCUT2D eigenvalue weighted by atomic mass is 10.0. The van der Waals surface area contributed by atoms with Gasteiger partial charge in [0.05, 0.1) is 17.3 Å². The molecule has 38 heavy (non-hydrogen) atoms. The summed E-state index contributed by atoms with van der Waals surface area (Å²) in [6.07, 6.45) is 6.49. The number of carbonyl (C=O) groups excluding carboxylic acids is 1. The summed E-state index contributed by atoms with van der Waals surface area (Å²) in [7, 11) is 0. The number of hydrogen-bond acceptors (Lipinski definition) is 9. The molecule has 4 heterocycles. The summed E-state index contributed by atoms with van der Waals surface area (Å²) in [5.74, 6) is 7.16. The summed E-state index contributed by atoms with van der Waals surface area (Å²) in [5, 5.41) is 8.23. The fraction of sp³-hybridized carbons (Fsp3) is 0.357. The van der Waals surface area contributed by atoms with E-state index in [4.69, 9.17) is 9.47 Å². The van der Waals surface area contributed by atoms with Gasteiger partial charge in [-0.2, -0.15) is 9.78 Å². The maximum atomic E-state index is 12.4. The fourth-order valence-corrected chi connectivity index (χ4v) is 4.06. The number of rotatable bonds is 4. The van der Waals surface area contributed by atoms with Crippen molar-refractivity contribution in [3.8, 4) is 23.4 Å². The van der Waals surface area contributed by atoms with Crippen LogP contribution < -0.4 is 5.32 Å². The van der Waals surface area contributed by atoms with Crippen LogP contribution in [0.25, 0.3) is 22.4 Å². The largest absolute Gasteiger partial charge is 0.442 e. The molecule has 1 unspecified atom stereocenters. The molecule has 4 aromatic rings. The maximum absolute atomic E-state index is 12.4. The molecule has 1 fully saturated rings. The summed E-state index contributed by atoms with van der Waals surface area (Å²) in [4.78, 5) is 30.2. The molecule has 3 aromatic heterocycles. The van der Waals surface area contributed by atoms with Crippen molar-refractivity contribution in [1.29, 1.82) is 0 Å². The molecule has 10 nitrogen and oxygen atoms in total. The molecule has 1 aromatic carbocycles. The number of benzene rings is 1. The lowest BCUT2D eigenvalue weighted by Crippen LogP contribution is -2.33. The lowest BCUT2D eigenvalue weighted by Gasteiger charge is -2.23. The summed E-state index contributed by atoms with van der Waals surface area (Å²) < 4.78 is 12.5. The van der Waals surface area contributed by atoms with Crippen molar-refractivity contribution >= 4 is 22.9 Å². The molecule has 0 aliphatic carbocycles. The van der Waals surface area contributed by atoms with Gasteiger partial charge in [0.25, 0.3) is 0 Å². The highest BCUT2D eigenvalue weighted by Crippen LogP contribution is 2.25. The second-order valence-electron chi connectivity index (χ2n) is 10.3. The molecular formula is C28H29N7O3. The Morgan fingerprint density at radius 2 is 2.00 bits per heavy atom. The van der Waals surface area contributed by atoms with Gasteiger partial charge in [-0.05, 0) is 76.8 Å². The SMILES string of the molecule is CC(C)(C)OC(=O)n1ncc2cc(C#Cc3ccnc(-c4ccnc(NCC5(C)CCCO5)n4)n3)ccc21. The van der Waals surface area contributed by atoms with Crippen molar-refractivity contribution in [3.05, 3.63) is 60.2 Å². The summed E-state index contributed by atoms with van der Waals surface area (Å²) in [6.45, 7) is 8.95. The van der Waals surface area contributed by atoms with Crippen LogP contribution in [0.15, 0.2) is 48.9 Å². The average molecular weight is 512 g/mol. The van der Waals surface area contributed by atoms with Gasteiger partial charge in [-0.25, -0.2) is 24.7 Å². The molecule has 0 amide bonds. The quantitative estimate of drug-likeness (QED) is 0.397. The standard InChI is InChI=1S/C28H29N7O3/c1-27(2,3)38-26(36)35-23-9-7-19(16-20(23)17-32-35)6-8-21-10-13-29-24(33-21)22-11-14-30-25(34-22)31-18-28(4)12-5-15-37-28/h7,9-11,13-14,16-17H,5,12,15,18H2,1-4H3,(H,30,31,34). The minimum Gasteiger partial charge on any atom is -0.442 e. The zero-order chi connectivity index (χ0) is 26.8. The number of fused-ring (bicyclic) bond motifs is 1. The molecule has 1 atom stereocenters. The molecular weight excluding hydrogens is 482 g/mol. The lowest BCUT2D eigenvalue weighted by molar-refractivity contribution is 0.0314. The molecule has 194 valence electrons. The molecule has 5 rings (SSSR count). The summed E-state index contributed by atoms with van der Waals surface area (Å²) in [5.41, 5.74) is 1.75. The van der Waals surface area contributed by atoms with Crippen molar-refractivity contribution in [2.75, 3.05) is 18.5 Å². The van der Waals surface area contributed by atoms with E-state index in [1.54, 1.807) is 36.8 Å². The highest BCUT2D eigenvalue weighted by atomic mass is 16.6. The van der Waals surface area contributed by atoms with Crippen LogP contribution in [0.4, 0.5) is 10.7 Å². The van der Waals surface area contributed by atoms with Crippen LogP contribution in [0.1, 0.15) is 51.8 Å². The van der Waals surface area contributed by atoms with Crippen LogP contribution in [-0.2, 0) is 9.47 Å². The number of hydrogen-bond donors (Lipinski definition) is 1. The van der Waals surface area contributed by atoms with Crippen LogP contribution in [0.2, 0.25) is 0 Å². The van der Waals surface area contributed by atoms with Gasteiger partial charge in [-0.15, -0.1) is 0 Å². The van der Waals surface area contributed by atoms with E-state index >= 15 is 0 Å². The third-order valence-corrected chi connectivity index (χ3v) is 5.93. The van der Waals surface area contributed by atoms with Gasteiger partial charge in [0, 0.05) is 36.5 Å². The van der Waals surface area contributed by atoms with E-state index in [1.807, 2.05) is 32.9 Å². The average Bonchev–Trinajstić information content (AvgIpc) is 3.52. The van der Waals surface area contributed by atoms with Crippen LogP contribution in [0.5, 0.6) is 0 Å². The predicted molar refractivity (Wildman–Crippen MR) is 142 cm³/mol. The highest BCUT2D eigenvalue weighted by Gasteiger charge is 2.29. The van der Waals surface area contributed by atoms with Crippen molar-refractivity contribution < 1.29 is 14.3 Å². The van der Waals surface area contributed by atoms with Gasteiger partial charge < -0.3 is 14.8 Å². The van der Waals surface area contributed by atoms with E-state index in [1.165, 1.54) is 4.68 Å². The van der Waals surface area contributed by atoms with Gasteiger partial charge in [-0.3, -0.25) is 0 Å². The number of carbonyl (C=O) groups is 1. The van der Waals surface area contributed by atoms with E-state index in [0.29, 0.717) is 35.2 Å². The zero-order valence-corrected chi connectivity index (χ0v) is 21.9. The first kappa shape index (κ1) is 25.3. The third-order valence-electron chi connectivity index (χ3n) is 5.93. The molecule has 0 spiro atoms. The first-order valence-electron chi connectivity index (χ1n) is 12.5. The maximum Gasteiger partial charge on any atom is 0.435 e. The minimum absolute atomic E-state index is 0.206. The van der Waals surface area contributed by atoms with Crippen LogP contribution in [0.3, 0.4) is 0 Å². The Hall–Kier alpha value is -4.36. The second-order valence-corrected chi connectivity index (χ2v) is 10.3. The number of nitrogens with zero attached hydrogens (tertiary/aromatic N) is 6. The van der Waals surface area contributed by atoms with Crippen LogP contribution in [-0.4, -0.2) is 60.2 Å².